The maximum absolute atomic E-state index is 11.7. The van der Waals surface area contributed by atoms with E-state index in [0.29, 0.717) is 24.3 Å². The molecule has 0 spiro atoms. The van der Waals surface area contributed by atoms with Gasteiger partial charge in [0.25, 0.3) is 0 Å². The van der Waals surface area contributed by atoms with Crippen molar-refractivity contribution in [3.63, 3.8) is 0 Å². The van der Waals surface area contributed by atoms with Gasteiger partial charge in [-0.05, 0) is 35.7 Å². The van der Waals surface area contributed by atoms with E-state index in [2.05, 4.69) is 41.0 Å². The Kier molecular flexibility index (Phi) is 6.67. The van der Waals surface area contributed by atoms with Crippen LogP contribution in [0.4, 0.5) is 5.69 Å². The van der Waals surface area contributed by atoms with Crippen molar-refractivity contribution < 1.29 is 14.6 Å². The fraction of sp³-hybridized carbons (Fsp3) is 0.409. The zero-order chi connectivity index (χ0) is 20.1. The number of benzene rings is 2. The summed E-state index contributed by atoms with van der Waals surface area (Å²) in [6, 6.07) is 13.8. The standard InChI is InChI=1S/C22H29N3O3/c1-16-5-3-4-6-20(16)25-11-9-24(10-12-25)14-21(26)17-7-8-18(15-28-2)19(13-17)22(23)27/h3-8,13,21,26H,9-12,14-15H2,1-2H3,(H2,23,27). The Hall–Kier alpha value is -2.41. The molecule has 1 amide bonds. The maximum Gasteiger partial charge on any atom is 0.249 e. The average molecular weight is 383 g/mol. The van der Waals surface area contributed by atoms with Gasteiger partial charge in [0, 0.05) is 51.1 Å². The van der Waals surface area contributed by atoms with E-state index in [9.17, 15) is 9.90 Å². The summed E-state index contributed by atoms with van der Waals surface area (Å²) in [5.41, 5.74) is 9.90. The van der Waals surface area contributed by atoms with Crippen molar-refractivity contribution in [3.05, 3.63) is 64.7 Å². The van der Waals surface area contributed by atoms with Crippen LogP contribution in [0, 0.1) is 6.92 Å². The Balaban J connectivity index is 1.61. The molecule has 1 atom stereocenters. The number of β-amino-alcohol motifs (C(OH)–C–C–N with tert-alkyl or cyclic N) is 1. The van der Waals surface area contributed by atoms with Crippen LogP contribution < -0.4 is 10.6 Å². The maximum atomic E-state index is 11.7. The van der Waals surface area contributed by atoms with Gasteiger partial charge in [0.2, 0.25) is 5.91 Å². The zero-order valence-corrected chi connectivity index (χ0v) is 16.6. The van der Waals surface area contributed by atoms with Crippen LogP contribution in [0.2, 0.25) is 0 Å². The molecule has 1 fully saturated rings. The lowest BCUT2D eigenvalue weighted by Crippen LogP contribution is -2.47. The predicted octanol–water partition coefficient (Wildman–Crippen LogP) is 2.10. The molecule has 6 nitrogen and oxygen atoms in total. The summed E-state index contributed by atoms with van der Waals surface area (Å²) in [6.07, 6.45) is -0.667. The number of methoxy groups -OCH3 is 1. The van der Waals surface area contributed by atoms with Crippen molar-refractivity contribution in [2.24, 2.45) is 5.73 Å². The first-order valence-corrected chi connectivity index (χ1v) is 9.62. The molecule has 0 aromatic heterocycles. The Bertz CT molecular complexity index is 816. The molecular formula is C22H29N3O3. The second kappa shape index (κ2) is 9.19. The Morgan fingerprint density at radius 3 is 2.54 bits per heavy atom. The van der Waals surface area contributed by atoms with Gasteiger partial charge in [0.15, 0.2) is 0 Å². The minimum Gasteiger partial charge on any atom is -0.387 e. The average Bonchev–Trinajstić information content (AvgIpc) is 2.69. The summed E-state index contributed by atoms with van der Waals surface area (Å²) in [7, 11) is 1.57. The highest BCUT2D eigenvalue weighted by molar-refractivity contribution is 5.94. The topological polar surface area (TPSA) is 79.0 Å². The highest BCUT2D eigenvalue weighted by Crippen LogP contribution is 2.23. The van der Waals surface area contributed by atoms with E-state index < -0.39 is 12.0 Å². The molecule has 1 aliphatic rings. The summed E-state index contributed by atoms with van der Waals surface area (Å²) in [4.78, 5) is 16.4. The van der Waals surface area contributed by atoms with Crippen LogP contribution in [0.15, 0.2) is 42.5 Å². The fourth-order valence-corrected chi connectivity index (χ4v) is 3.75. The molecular weight excluding hydrogens is 354 g/mol. The second-order valence-electron chi connectivity index (χ2n) is 7.30. The Morgan fingerprint density at radius 1 is 1.18 bits per heavy atom. The van der Waals surface area contributed by atoms with Crippen molar-refractivity contribution in [1.82, 2.24) is 4.90 Å². The molecule has 1 unspecified atom stereocenters. The summed E-state index contributed by atoms with van der Waals surface area (Å²) in [5, 5.41) is 10.7. The quantitative estimate of drug-likeness (QED) is 0.765. The smallest absolute Gasteiger partial charge is 0.249 e. The van der Waals surface area contributed by atoms with E-state index in [0.717, 1.165) is 31.7 Å². The number of carbonyl (C=O) groups is 1. The summed E-state index contributed by atoms with van der Waals surface area (Å²) in [6.45, 7) is 6.60. The number of piperazine rings is 1. The number of aliphatic hydroxyl groups is 1. The normalized spacial score (nSPS) is 16.2. The number of hydrogen-bond donors (Lipinski definition) is 2. The number of anilines is 1. The number of nitrogens with two attached hydrogens (primary N) is 1. The number of amides is 1. The summed E-state index contributed by atoms with van der Waals surface area (Å²) < 4.78 is 5.11. The molecule has 150 valence electrons. The minimum atomic E-state index is -0.667. The second-order valence-corrected chi connectivity index (χ2v) is 7.30. The van der Waals surface area contributed by atoms with Gasteiger partial charge in [-0.15, -0.1) is 0 Å². The largest absolute Gasteiger partial charge is 0.387 e. The van der Waals surface area contributed by atoms with E-state index >= 15 is 0 Å². The lowest BCUT2D eigenvalue weighted by atomic mass is 10.00. The number of carbonyl (C=O) groups excluding carboxylic acids is 1. The zero-order valence-electron chi connectivity index (χ0n) is 16.6. The van der Waals surface area contributed by atoms with Crippen molar-refractivity contribution in [1.29, 1.82) is 0 Å². The number of aryl methyl sites for hydroxylation is 1. The van der Waals surface area contributed by atoms with E-state index in [4.69, 9.17) is 10.5 Å². The molecule has 3 rings (SSSR count). The van der Waals surface area contributed by atoms with Crippen LogP contribution in [0.25, 0.3) is 0 Å². The van der Waals surface area contributed by atoms with Crippen LogP contribution in [0.3, 0.4) is 0 Å². The number of primary amides is 1. The molecule has 1 aliphatic heterocycles. The number of rotatable bonds is 7. The van der Waals surface area contributed by atoms with Gasteiger partial charge in [-0.1, -0.05) is 30.3 Å². The lowest BCUT2D eigenvalue weighted by molar-refractivity contribution is 0.0992. The monoisotopic (exact) mass is 383 g/mol. The van der Waals surface area contributed by atoms with Crippen molar-refractivity contribution >= 4 is 11.6 Å². The SMILES string of the molecule is COCc1ccc(C(O)CN2CCN(c3ccccc3C)CC2)cc1C(N)=O. The summed E-state index contributed by atoms with van der Waals surface area (Å²) >= 11 is 0. The first-order valence-electron chi connectivity index (χ1n) is 9.62. The van der Waals surface area contributed by atoms with Crippen molar-refractivity contribution in [2.75, 3.05) is 44.7 Å². The molecule has 3 N–H and O–H groups in total. The van der Waals surface area contributed by atoms with Crippen LogP contribution in [-0.4, -0.2) is 55.7 Å². The highest BCUT2D eigenvalue weighted by atomic mass is 16.5. The molecule has 28 heavy (non-hydrogen) atoms. The summed E-state index contributed by atoms with van der Waals surface area (Å²) in [5.74, 6) is -0.507. The third-order valence-electron chi connectivity index (χ3n) is 5.34. The molecule has 0 bridgehead atoms. The molecule has 6 heteroatoms. The van der Waals surface area contributed by atoms with Gasteiger partial charge in [0.1, 0.15) is 0 Å². The fourth-order valence-electron chi connectivity index (χ4n) is 3.75. The van der Waals surface area contributed by atoms with Gasteiger partial charge in [0.05, 0.1) is 12.7 Å². The van der Waals surface area contributed by atoms with E-state index in [1.54, 1.807) is 19.2 Å². The number of para-hydroxylation sites is 1. The number of hydrogen-bond acceptors (Lipinski definition) is 5. The van der Waals surface area contributed by atoms with Crippen LogP contribution in [0.5, 0.6) is 0 Å². The predicted molar refractivity (Wildman–Crippen MR) is 110 cm³/mol. The molecule has 1 saturated heterocycles. The Labute approximate surface area is 166 Å². The number of aliphatic hydroxyl groups excluding tert-OH is 1. The Morgan fingerprint density at radius 2 is 1.89 bits per heavy atom. The van der Waals surface area contributed by atoms with Gasteiger partial charge in [-0.3, -0.25) is 9.69 Å². The van der Waals surface area contributed by atoms with Crippen LogP contribution in [-0.2, 0) is 11.3 Å². The molecule has 0 aliphatic carbocycles. The molecule has 2 aromatic carbocycles. The van der Waals surface area contributed by atoms with Crippen LogP contribution in [0.1, 0.15) is 33.2 Å². The van der Waals surface area contributed by atoms with Gasteiger partial charge < -0.3 is 20.5 Å². The third-order valence-corrected chi connectivity index (χ3v) is 5.34. The third kappa shape index (κ3) is 4.70. The van der Waals surface area contributed by atoms with Gasteiger partial charge in [-0.25, -0.2) is 0 Å². The van der Waals surface area contributed by atoms with Crippen molar-refractivity contribution in [3.8, 4) is 0 Å². The van der Waals surface area contributed by atoms with Gasteiger partial charge in [-0.2, -0.15) is 0 Å². The molecule has 0 saturated carbocycles. The molecule has 2 aromatic rings. The first-order chi connectivity index (χ1) is 13.5. The van der Waals surface area contributed by atoms with Crippen LogP contribution >= 0.6 is 0 Å². The molecule has 0 radical (unpaired) electrons. The van der Waals surface area contributed by atoms with E-state index in [-0.39, 0.29) is 0 Å². The highest BCUT2D eigenvalue weighted by Gasteiger charge is 2.21. The first kappa shape index (κ1) is 20.3. The van der Waals surface area contributed by atoms with E-state index in [1.807, 2.05) is 6.07 Å². The molecule has 1 heterocycles. The number of ether oxygens (including phenoxy) is 1. The van der Waals surface area contributed by atoms with Crippen molar-refractivity contribution in [2.45, 2.75) is 19.6 Å². The lowest BCUT2D eigenvalue weighted by Gasteiger charge is -2.37. The van der Waals surface area contributed by atoms with Gasteiger partial charge >= 0.3 is 0 Å². The number of nitrogens with zero attached hydrogens (tertiary/aromatic N) is 2. The van der Waals surface area contributed by atoms with E-state index in [1.165, 1.54) is 11.3 Å². The minimum absolute atomic E-state index is 0.315.